The highest BCUT2D eigenvalue weighted by atomic mass is 16.5. The van der Waals surface area contributed by atoms with Gasteiger partial charge in [0.05, 0.1) is 24.5 Å². The van der Waals surface area contributed by atoms with Gasteiger partial charge in [0, 0.05) is 39.1 Å². The zero-order chi connectivity index (χ0) is 20.8. The summed E-state index contributed by atoms with van der Waals surface area (Å²) in [6, 6.07) is 0. The van der Waals surface area contributed by atoms with E-state index in [1.165, 1.54) is 0 Å². The Labute approximate surface area is 172 Å². The minimum Gasteiger partial charge on any atom is -0.360 e. The number of nitrogens with zero attached hydrogens (tertiary/aromatic N) is 4. The highest BCUT2D eigenvalue weighted by Gasteiger charge is 2.67. The molecule has 1 aromatic rings. The van der Waals surface area contributed by atoms with Gasteiger partial charge in [-0.1, -0.05) is 38.8 Å². The highest BCUT2D eigenvalue weighted by Crippen LogP contribution is 2.52. The van der Waals surface area contributed by atoms with Gasteiger partial charge in [0.1, 0.15) is 11.4 Å². The maximum Gasteiger partial charge on any atom is 0.230 e. The van der Waals surface area contributed by atoms with E-state index in [9.17, 15) is 9.59 Å². The maximum absolute atomic E-state index is 13.3. The van der Waals surface area contributed by atoms with E-state index in [0.717, 1.165) is 25.2 Å². The number of aryl methyl sites for hydroxylation is 1. The average Bonchev–Trinajstić information content (AvgIpc) is 3.45. The van der Waals surface area contributed by atoms with Crippen molar-refractivity contribution in [3.8, 4) is 0 Å². The van der Waals surface area contributed by atoms with Crippen LogP contribution in [-0.2, 0) is 20.9 Å². The van der Waals surface area contributed by atoms with Crippen LogP contribution in [0.15, 0.2) is 24.5 Å². The average molecular weight is 401 g/mol. The van der Waals surface area contributed by atoms with Crippen LogP contribution in [0.4, 0.5) is 0 Å². The number of aromatic nitrogens is 2. The van der Waals surface area contributed by atoms with Gasteiger partial charge in [-0.3, -0.25) is 9.59 Å². The third-order valence-corrected chi connectivity index (χ3v) is 7.07. The molecule has 2 bridgehead atoms. The SMILES string of the molecule is CCC(CC)CN1C[C@]23C=C[C@H](O2)[C@H](C(=O)N(C)CCn2ccnc2C)[C@@H]3C1=O. The molecule has 1 aromatic heterocycles. The first-order chi connectivity index (χ1) is 13.9. The Hall–Kier alpha value is -2.15. The van der Waals surface area contributed by atoms with Gasteiger partial charge >= 0.3 is 0 Å². The quantitative estimate of drug-likeness (QED) is 0.625. The number of likely N-dealkylation sites (N-methyl/N-ethyl adjacent to an activating group) is 1. The van der Waals surface area contributed by atoms with Crippen LogP contribution in [0.2, 0.25) is 0 Å². The van der Waals surface area contributed by atoms with Gasteiger partial charge in [0.2, 0.25) is 11.8 Å². The lowest BCUT2D eigenvalue weighted by Gasteiger charge is -2.28. The summed E-state index contributed by atoms with van der Waals surface area (Å²) in [5.74, 6) is 0.692. The predicted molar refractivity (Wildman–Crippen MR) is 109 cm³/mol. The van der Waals surface area contributed by atoms with E-state index in [1.807, 2.05) is 41.8 Å². The van der Waals surface area contributed by atoms with E-state index in [-0.39, 0.29) is 17.9 Å². The molecule has 0 aliphatic carbocycles. The van der Waals surface area contributed by atoms with Crippen LogP contribution >= 0.6 is 0 Å². The van der Waals surface area contributed by atoms with Gasteiger partial charge in [-0.05, 0) is 12.8 Å². The molecule has 0 N–H and O–H groups in total. The standard InChI is InChI=1S/C22H32N4O3/c1-5-16(6-2)13-26-14-22-8-7-17(29-22)18(19(22)21(26)28)20(27)24(4)11-12-25-10-9-23-15(25)3/h7-10,16-19H,5-6,11-14H2,1-4H3/t17-,18-,19+,22-/m0/s1. The van der Waals surface area contributed by atoms with Gasteiger partial charge in [-0.25, -0.2) is 4.98 Å². The van der Waals surface area contributed by atoms with Crippen molar-refractivity contribution in [2.24, 2.45) is 17.8 Å². The third kappa shape index (κ3) is 3.29. The summed E-state index contributed by atoms with van der Waals surface area (Å²) in [5.41, 5.74) is -0.615. The molecule has 0 radical (unpaired) electrons. The molecule has 4 heterocycles. The maximum atomic E-state index is 13.3. The molecular weight excluding hydrogens is 368 g/mol. The van der Waals surface area contributed by atoms with Crippen molar-refractivity contribution in [3.05, 3.63) is 30.4 Å². The largest absolute Gasteiger partial charge is 0.360 e. The second kappa shape index (κ2) is 7.59. The third-order valence-electron chi connectivity index (χ3n) is 7.07. The van der Waals surface area contributed by atoms with E-state index >= 15 is 0 Å². The van der Waals surface area contributed by atoms with Crippen LogP contribution in [-0.4, -0.2) is 69.6 Å². The van der Waals surface area contributed by atoms with Crippen molar-refractivity contribution < 1.29 is 14.3 Å². The van der Waals surface area contributed by atoms with Crippen molar-refractivity contribution in [2.45, 2.75) is 51.9 Å². The minimum atomic E-state index is -0.615. The monoisotopic (exact) mass is 400 g/mol. The fourth-order valence-electron chi connectivity index (χ4n) is 5.14. The number of rotatable bonds is 8. The molecule has 2 fully saturated rings. The summed E-state index contributed by atoms with van der Waals surface area (Å²) >= 11 is 0. The predicted octanol–water partition coefficient (Wildman–Crippen LogP) is 1.87. The summed E-state index contributed by atoms with van der Waals surface area (Å²) < 4.78 is 8.28. The van der Waals surface area contributed by atoms with Crippen molar-refractivity contribution in [2.75, 3.05) is 26.7 Å². The van der Waals surface area contributed by atoms with Gasteiger partial charge in [-0.15, -0.1) is 0 Å². The number of hydrogen-bond acceptors (Lipinski definition) is 4. The van der Waals surface area contributed by atoms with Gasteiger partial charge in [0.15, 0.2) is 0 Å². The molecule has 1 spiro atoms. The van der Waals surface area contributed by atoms with Crippen LogP contribution in [0.5, 0.6) is 0 Å². The number of ether oxygens (including phenoxy) is 1. The summed E-state index contributed by atoms with van der Waals surface area (Å²) in [6.45, 7) is 8.87. The Morgan fingerprint density at radius 2 is 2.17 bits per heavy atom. The smallest absolute Gasteiger partial charge is 0.230 e. The Kier molecular flexibility index (Phi) is 5.27. The summed E-state index contributed by atoms with van der Waals surface area (Å²) in [7, 11) is 1.82. The van der Waals surface area contributed by atoms with E-state index in [1.54, 1.807) is 11.1 Å². The molecule has 7 nitrogen and oxygen atoms in total. The number of amides is 2. The molecule has 158 valence electrons. The molecule has 3 aliphatic heterocycles. The Balaban J connectivity index is 1.47. The number of carbonyl (C=O) groups is 2. The number of hydrogen-bond donors (Lipinski definition) is 0. The normalized spacial score (nSPS) is 29.9. The van der Waals surface area contributed by atoms with Crippen LogP contribution < -0.4 is 0 Å². The van der Waals surface area contributed by atoms with Gasteiger partial charge in [0.25, 0.3) is 0 Å². The Bertz CT molecular complexity index is 815. The number of carbonyl (C=O) groups excluding carboxylic acids is 2. The Morgan fingerprint density at radius 3 is 2.83 bits per heavy atom. The molecule has 0 aromatic carbocycles. The summed E-state index contributed by atoms with van der Waals surface area (Å²) in [4.78, 5) is 34.5. The summed E-state index contributed by atoms with van der Waals surface area (Å²) in [6.07, 6.45) is 9.52. The molecule has 4 atom stereocenters. The second-order valence-corrected chi connectivity index (χ2v) is 8.73. The lowest BCUT2D eigenvalue weighted by molar-refractivity contribution is -0.142. The Morgan fingerprint density at radius 1 is 1.41 bits per heavy atom. The molecule has 29 heavy (non-hydrogen) atoms. The zero-order valence-corrected chi connectivity index (χ0v) is 17.9. The van der Waals surface area contributed by atoms with E-state index < -0.39 is 17.4 Å². The van der Waals surface area contributed by atoms with Gasteiger partial charge < -0.3 is 19.1 Å². The van der Waals surface area contributed by atoms with Crippen molar-refractivity contribution in [3.63, 3.8) is 0 Å². The minimum absolute atomic E-state index is 0.00160. The molecule has 4 rings (SSSR count). The number of imidazole rings is 1. The first-order valence-corrected chi connectivity index (χ1v) is 10.8. The van der Waals surface area contributed by atoms with Crippen LogP contribution in [0.1, 0.15) is 32.5 Å². The molecule has 0 unspecified atom stereocenters. The fraction of sp³-hybridized carbons (Fsp3) is 0.682. The fourth-order valence-corrected chi connectivity index (χ4v) is 5.14. The molecular formula is C22H32N4O3. The van der Waals surface area contributed by atoms with Crippen molar-refractivity contribution in [1.82, 2.24) is 19.4 Å². The van der Waals surface area contributed by atoms with Crippen LogP contribution in [0.3, 0.4) is 0 Å². The van der Waals surface area contributed by atoms with E-state index in [0.29, 0.717) is 25.6 Å². The van der Waals surface area contributed by atoms with Crippen molar-refractivity contribution in [1.29, 1.82) is 0 Å². The van der Waals surface area contributed by atoms with Crippen LogP contribution in [0, 0.1) is 24.7 Å². The van der Waals surface area contributed by atoms with E-state index in [2.05, 4.69) is 18.8 Å². The first-order valence-electron chi connectivity index (χ1n) is 10.8. The zero-order valence-electron chi connectivity index (χ0n) is 17.9. The number of likely N-dealkylation sites (tertiary alicyclic amines) is 1. The first kappa shape index (κ1) is 20.1. The molecule has 3 aliphatic rings. The lowest BCUT2D eigenvalue weighted by atomic mass is 9.76. The summed E-state index contributed by atoms with van der Waals surface area (Å²) in [5, 5.41) is 0. The van der Waals surface area contributed by atoms with Crippen molar-refractivity contribution >= 4 is 11.8 Å². The molecule has 7 heteroatoms. The van der Waals surface area contributed by atoms with E-state index in [4.69, 9.17) is 4.74 Å². The molecule has 2 amide bonds. The van der Waals surface area contributed by atoms with Gasteiger partial charge in [-0.2, -0.15) is 0 Å². The topological polar surface area (TPSA) is 67.7 Å². The lowest BCUT2D eigenvalue weighted by Crippen LogP contribution is -2.45. The van der Waals surface area contributed by atoms with Crippen LogP contribution in [0.25, 0.3) is 0 Å². The molecule has 0 saturated carbocycles. The second-order valence-electron chi connectivity index (χ2n) is 8.73. The number of fused-ring (bicyclic) bond motifs is 1. The highest BCUT2D eigenvalue weighted by molar-refractivity contribution is 5.93. The molecule has 2 saturated heterocycles.